The third kappa shape index (κ3) is 4.19. The summed E-state index contributed by atoms with van der Waals surface area (Å²) in [6.07, 6.45) is -0.771. The van der Waals surface area contributed by atoms with E-state index < -0.39 is 17.8 Å². The molecule has 3 N–H and O–H groups in total. The highest BCUT2D eigenvalue weighted by Crippen LogP contribution is 2.20. The van der Waals surface area contributed by atoms with Crippen molar-refractivity contribution in [3.05, 3.63) is 52.8 Å². The third-order valence-corrected chi connectivity index (χ3v) is 3.27. The lowest BCUT2D eigenvalue weighted by molar-refractivity contribution is -0.122. The molecule has 0 saturated carbocycles. The molecule has 1 unspecified atom stereocenters. The highest BCUT2D eigenvalue weighted by molar-refractivity contribution is 9.10. The fourth-order valence-corrected chi connectivity index (χ4v) is 1.91. The fourth-order valence-electron chi connectivity index (χ4n) is 1.64. The summed E-state index contributed by atoms with van der Waals surface area (Å²) in [6, 6.07) is 11.1. The fraction of sp³-hybridized carbons (Fsp3) is 0.133. The van der Waals surface area contributed by atoms with E-state index in [1.165, 1.54) is 18.2 Å². The Morgan fingerprint density at radius 2 is 1.95 bits per heavy atom. The molecule has 0 heterocycles. The average Bonchev–Trinajstić information content (AvgIpc) is 2.45. The minimum atomic E-state index is -0.771. The molecule has 0 spiro atoms. The van der Waals surface area contributed by atoms with Crippen molar-refractivity contribution in [2.75, 3.05) is 11.1 Å². The standard InChI is InChI=1S/C15H14BrFN2O2/c1-9(21-12-5-2-10(16)3-6-12)15(20)19-14-8-11(18)4-7-13(14)17/h2-9H,18H2,1H3,(H,19,20). The molecular weight excluding hydrogens is 339 g/mol. The number of halogens is 2. The Bertz CT molecular complexity index is 647. The molecule has 2 aromatic carbocycles. The van der Waals surface area contributed by atoms with Crippen molar-refractivity contribution in [1.29, 1.82) is 0 Å². The van der Waals surface area contributed by atoms with Crippen LogP contribution in [0.1, 0.15) is 6.92 Å². The highest BCUT2D eigenvalue weighted by Gasteiger charge is 2.16. The summed E-state index contributed by atoms with van der Waals surface area (Å²) in [5, 5.41) is 2.45. The van der Waals surface area contributed by atoms with E-state index in [9.17, 15) is 9.18 Å². The number of carbonyl (C=O) groups excluding carboxylic acids is 1. The molecule has 0 saturated heterocycles. The van der Waals surface area contributed by atoms with Gasteiger partial charge in [0.1, 0.15) is 11.6 Å². The molecule has 2 aromatic rings. The van der Waals surface area contributed by atoms with Crippen molar-refractivity contribution in [3.63, 3.8) is 0 Å². The van der Waals surface area contributed by atoms with Crippen molar-refractivity contribution in [3.8, 4) is 5.75 Å². The molecule has 0 fully saturated rings. The molecule has 0 radical (unpaired) electrons. The topological polar surface area (TPSA) is 64.3 Å². The number of nitrogens with one attached hydrogen (secondary N) is 1. The predicted molar refractivity (Wildman–Crippen MR) is 83.7 cm³/mol. The molecule has 4 nitrogen and oxygen atoms in total. The minimum absolute atomic E-state index is 0.0336. The van der Waals surface area contributed by atoms with E-state index in [4.69, 9.17) is 10.5 Å². The Kier molecular flexibility index (Phi) is 4.80. The van der Waals surface area contributed by atoms with Gasteiger partial charge in [-0.15, -0.1) is 0 Å². The lowest BCUT2D eigenvalue weighted by atomic mass is 10.2. The predicted octanol–water partition coefficient (Wildman–Crippen LogP) is 3.58. The Balaban J connectivity index is 2.02. The van der Waals surface area contributed by atoms with Gasteiger partial charge in [-0.25, -0.2) is 4.39 Å². The zero-order chi connectivity index (χ0) is 15.4. The van der Waals surface area contributed by atoms with E-state index in [2.05, 4.69) is 21.2 Å². The number of amides is 1. The Morgan fingerprint density at radius 1 is 1.29 bits per heavy atom. The Labute approximate surface area is 130 Å². The number of rotatable bonds is 4. The van der Waals surface area contributed by atoms with Crippen molar-refractivity contribution in [1.82, 2.24) is 0 Å². The maximum atomic E-state index is 13.5. The van der Waals surface area contributed by atoms with Gasteiger partial charge in [-0.1, -0.05) is 15.9 Å². The van der Waals surface area contributed by atoms with Crippen molar-refractivity contribution >= 4 is 33.2 Å². The average molecular weight is 353 g/mol. The zero-order valence-electron chi connectivity index (χ0n) is 11.3. The molecule has 2 rings (SSSR count). The van der Waals surface area contributed by atoms with Gasteiger partial charge in [0.05, 0.1) is 5.69 Å². The molecule has 110 valence electrons. The second-order valence-electron chi connectivity index (χ2n) is 4.44. The van der Waals surface area contributed by atoms with E-state index in [0.717, 1.165) is 4.47 Å². The van der Waals surface area contributed by atoms with Gasteiger partial charge in [0.2, 0.25) is 0 Å². The highest BCUT2D eigenvalue weighted by atomic mass is 79.9. The van der Waals surface area contributed by atoms with Crippen LogP contribution in [-0.2, 0) is 4.79 Å². The largest absolute Gasteiger partial charge is 0.481 e. The van der Waals surface area contributed by atoms with Crippen LogP contribution < -0.4 is 15.8 Å². The van der Waals surface area contributed by atoms with Gasteiger partial charge >= 0.3 is 0 Å². The smallest absolute Gasteiger partial charge is 0.265 e. The number of benzene rings is 2. The molecule has 1 amide bonds. The van der Waals surface area contributed by atoms with Crippen LogP contribution >= 0.6 is 15.9 Å². The quantitative estimate of drug-likeness (QED) is 0.826. The lowest BCUT2D eigenvalue weighted by Gasteiger charge is -2.15. The normalized spacial score (nSPS) is 11.8. The van der Waals surface area contributed by atoms with E-state index in [1.54, 1.807) is 31.2 Å². The van der Waals surface area contributed by atoms with Crippen LogP contribution in [0.4, 0.5) is 15.8 Å². The van der Waals surface area contributed by atoms with Gasteiger partial charge in [-0.2, -0.15) is 0 Å². The SMILES string of the molecule is CC(Oc1ccc(Br)cc1)C(=O)Nc1cc(N)ccc1F. The van der Waals surface area contributed by atoms with E-state index in [-0.39, 0.29) is 5.69 Å². The van der Waals surface area contributed by atoms with E-state index in [0.29, 0.717) is 11.4 Å². The number of hydrogen-bond acceptors (Lipinski definition) is 3. The summed E-state index contributed by atoms with van der Waals surface area (Å²) in [6.45, 7) is 1.58. The van der Waals surface area contributed by atoms with Crippen molar-refractivity contribution in [2.45, 2.75) is 13.0 Å². The molecular formula is C15H14BrFN2O2. The van der Waals surface area contributed by atoms with Crippen LogP contribution in [0.2, 0.25) is 0 Å². The van der Waals surface area contributed by atoms with Gasteiger partial charge in [0, 0.05) is 10.2 Å². The van der Waals surface area contributed by atoms with Crippen molar-refractivity contribution in [2.24, 2.45) is 0 Å². The van der Waals surface area contributed by atoms with E-state index >= 15 is 0 Å². The number of anilines is 2. The first-order valence-electron chi connectivity index (χ1n) is 6.24. The Hall–Kier alpha value is -2.08. The van der Waals surface area contributed by atoms with Crippen LogP contribution in [0.15, 0.2) is 46.9 Å². The summed E-state index contributed by atoms with van der Waals surface area (Å²) < 4.78 is 19.9. The third-order valence-electron chi connectivity index (χ3n) is 2.74. The van der Waals surface area contributed by atoms with Crippen LogP contribution in [0, 0.1) is 5.82 Å². The molecule has 21 heavy (non-hydrogen) atoms. The van der Waals surface area contributed by atoms with Crippen LogP contribution in [0.5, 0.6) is 5.75 Å². The van der Waals surface area contributed by atoms with Crippen molar-refractivity contribution < 1.29 is 13.9 Å². The van der Waals surface area contributed by atoms with Crippen LogP contribution in [0.25, 0.3) is 0 Å². The number of hydrogen-bond donors (Lipinski definition) is 2. The first-order chi connectivity index (χ1) is 9.95. The number of nitrogens with two attached hydrogens (primary N) is 1. The van der Waals surface area contributed by atoms with Gasteiger partial charge in [-0.3, -0.25) is 4.79 Å². The first kappa shape index (κ1) is 15.3. The monoisotopic (exact) mass is 352 g/mol. The maximum Gasteiger partial charge on any atom is 0.265 e. The van der Waals surface area contributed by atoms with Crippen LogP contribution in [-0.4, -0.2) is 12.0 Å². The number of carbonyl (C=O) groups is 1. The second-order valence-corrected chi connectivity index (χ2v) is 5.36. The number of nitrogen functional groups attached to an aromatic ring is 1. The van der Waals surface area contributed by atoms with Gasteiger partial charge in [-0.05, 0) is 49.4 Å². The first-order valence-corrected chi connectivity index (χ1v) is 7.03. The summed E-state index contributed by atoms with van der Waals surface area (Å²) in [7, 11) is 0. The van der Waals surface area contributed by atoms with E-state index in [1.807, 2.05) is 0 Å². The van der Waals surface area contributed by atoms with Gasteiger partial charge in [0.15, 0.2) is 6.10 Å². The summed E-state index contributed by atoms with van der Waals surface area (Å²) >= 11 is 3.31. The lowest BCUT2D eigenvalue weighted by Crippen LogP contribution is -2.30. The molecule has 0 aromatic heterocycles. The summed E-state index contributed by atoms with van der Waals surface area (Å²) in [4.78, 5) is 12.0. The number of ether oxygens (including phenoxy) is 1. The molecule has 0 bridgehead atoms. The van der Waals surface area contributed by atoms with Gasteiger partial charge < -0.3 is 15.8 Å². The Morgan fingerprint density at radius 3 is 2.62 bits per heavy atom. The molecule has 1 atom stereocenters. The molecule has 0 aliphatic heterocycles. The maximum absolute atomic E-state index is 13.5. The molecule has 0 aliphatic rings. The second kappa shape index (κ2) is 6.58. The van der Waals surface area contributed by atoms with Crippen LogP contribution in [0.3, 0.4) is 0 Å². The zero-order valence-corrected chi connectivity index (χ0v) is 12.9. The summed E-state index contributed by atoms with van der Waals surface area (Å²) in [5.74, 6) is -0.454. The molecule has 6 heteroatoms. The van der Waals surface area contributed by atoms with Gasteiger partial charge in [0.25, 0.3) is 5.91 Å². The summed E-state index contributed by atoms with van der Waals surface area (Å²) in [5.41, 5.74) is 5.97. The molecule has 0 aliphatic carbocycles. The minimum Gasteiger partial charge on any atom is -0.481 e.